The molecule has 0 bridgehead atoms. The molecule has 0 fully saturated rings. The molecular weight excluding hydrogens is 332 g/mol. The van der Waals surface area contributed by atoms with Crippen LogP contribution in [-0.4, -0.2) is 5.97 Å². The summed E-state index contributed by atoms with van der Waals surface area (Å²) in [5, 5.41) is 0. The van der Waals surface area contributed by atoms with Crippen LogP contribution in [0.25, 0.3) is 0 Å². The third-order valence-electron chi connectivity index (χ3n) is 4.95. The van der Waals surface area contributed by atoms with Crippen molar-refractivity contribution in [2.24, 2.45) is 0 Å². The molecule has 0 saturated carbocycles. The van der Waals surface area contributed by atoms with Crippen molar-refractivity contribution in [3.05, 3.63) is 48.0 Å². The van der Waals surface area contributed by atoms with Gasteiger partial charge in [-0.05, 0) is 18.4 Å². The minimum absolute atomic E-state index is 0.242. The van der Waals surface area contributed by atoms with Crippen LogP contribution in [-0.2, 0) is 16.1 Å². The lowest BCUT2D eigenvalue weighted by Gasteiger charge is -2.03. The third-order valence-corrected chi connectivity index (χ3v) is 4.95. The Morgan fingerprint density at radius 1 is 0.778 bits per heavy atom. The van der Waals surface area contributed by atoms with E-state index in [-0.39, 0.29) is 5.97 Å². The lowest BCUT2D eigenvalue weighted by atomic mass is 10.0. The van der Waals surface area contributed by atoms with Crippen LogP contribution in [0.3, 0.4) is 0 Å². The van der Waals surface area contributed by atoms with Crippen LogP contribution in [0.4, 0.5) is 0 Å². The van der Waals surface area contributed by atoms with Crippen molar-refractivity contribution in [3.63, 3.8) is 0 Å². The number of hydrogen-bond acceptors (Lipinski definition) is 2. The highest BCUT2D eigenvalue weighted by atomic mass is 16.5. The first-order valence-corrected chi connectivity index (χ1v) is 11.2. The summed E-state index contributed by atoms with van der Waals surface area (Å²) in [6, 6.07) is 9.79. The standard InChI is InChI=1S/C25H40O2/c1-2-3-4-5-6-7-8-9-10-11-12-13-14-15-19-22-25(26)27-23-24-20-17-16-18-21-24/h16-22H,2-15,23H2,1H3. The summed E-state index contributed by atoms with van der Waals surface area (Å²) in [4.78, 5) is 11.6. The van der Waals surface area contributed by atoms with Gasteiger partial charge in [0.05, 0.1) is 0 Å². The molecule has 1 aromatic rings. The molecule has 0 aliphatic rings. The molecule has 2 heteroatoms. The second-order valence-electron chi connectivity index (χ2n) is 7.53. The fourth-order valence-electron chi connectivity index (χ4n) is 3.24. The molecule has 2 nitrogen and oxygen atoms in total. The topological polar surface area (TPSA) is 26.3 Å². The highest BCUT2D eigenvalue weighted by Crippen LogP contribution is 2.13. The van der Waals surface area contributed by atoms with Gasteiger partial charge in [0.2, 0.25) is 0 Å². The largest absolute Gasteiger partial charge is 0.458 e. The molecule has 0 heterocycles. The maximum atomic E-state index is 11.6. The number of rotatable bonds is 17. The van der Waals surface area contributed by atoms with Gasteiger partial charge in [0.25, 0.3) is 0 Å². The Balaban J connectivity index is 1.83. The first kappa shape index (κ1) is 23.5. The van der Waals surface area contributed by atoms with Crippen LogP contribution in [0, 0.1) is 0 Å². The summed E-state index contributed by atoms with van der Waals surface area (Å²) in [5.41, 5.74) is 1.02. The monoisotopic (exact) mass is 372 g/mol. The van der Waals surface area contributed by atoms with Crippen LogP contribution < -0.4 is 0 Å². The van der Waals surface area contributed by atoms with Crippen LogP contribution >= 0.6 is 0 Å². The molecule has 0 spiro atoms. The maximum absolute atomic E-state index is 11.6. The number of unbranched alkanes of at least 4 members (excludes halogenated alkanes) is 13. The van der Waals surface area contributed by atoms with Gasteiger partial charge in [-0.15, -0.1) is 0 Å². The normalized spacial score (nSPS) is 11.1. The fourth-order valence-corrected chi connectivity index (χ4v) is 3.24. The Morgan fingerprint density at radius 2 is 1.30 bits per heavy atom. The number of allylic oxidation sites excluding steroid dienone is 1. The van der Waals surface area contributed by atoms with E-state index in [1.807, 2.05) is 36.4 Å². The Labute approximate surface area is 167 Å². The second-order valence-corrected chi connectivity index (χ2v) is 7.53. The Morgan fingerprint density at radius 3 is 1.85 bits per heavy atom. The Hall–Kier alpha value is -1.57. The summed E-state index contributed by atoms with van der Waals surface area (Å²) in [6.45, 7) is 2.63. The molecule has 0 aliphatic carbocycles. The molecule has 152 valence electrons. The van der Waals surface area contributed by atoms with Crippen molar-refractivity contribution in [2.75, 3.05) is 0 Å². The molecule has 0 atom stereocenters. The van der Waals surface area contributed by atoms with E-state index in [0.717, 1.165) is 12.0 Å². The summed E-state index contributed by atoms with van der Waals surface area (Å²) in [7, 11) is 0. The molecule has 27 heavy (non-hydrogen) atoms. The number of carbonyl (C=O) groups excluding carboxylic acids is 1. The summed E-state index contributed by atoms with van der Waals surface area (Å²) < 4.78 is 5.22. The smallest absolute Gasteiger partial charge is 0.330 e. The zero-order chi connectivity index (χ0) is 19.4. The average Bonchev–Trinajstić information content (AvgIpc) is 2.70. The minimum atomic E-state index is -0.242. The summed E-state index contributed by atoms with van der Waals surface area (Å²) >= 11 is 0. The number of ether oxygens (including phenoxy) is 1. The molecule has 0 amide bonds. The fraction of sp³-hybridized carbons (Fsp3) is 0.640. The summed E-state index contributed by atoms with van der Waals surface area (Å²) in [6.07, 6.45) is 22.3. The van der Waals surface area contributed by atoms with E-state index in [9.17, 15) is 4.79 Å². The molecule has 0 radical (unpaired) electrons. The van der Waals surface area contributed by atoms with Crippen molar-refractivity contribution in [1.82, 2.24) is 0 Å². The van der Waals surface area contributed by atoms with E-state index in [0.29, 0.717) is 6.61 Å². The molecule has 0 aliphatic heterocycles. The van der Waals surface area contributed by atoms with Gasteiger partial charge in [0, 0.05) is 6.08 Å². The van der Waals surface area contributed by atoms with Crippen molar-refractivity contribution in [1.29, 1.82) is 0 Å². The van der Waals surface area contributed by atoms with Gasteiger partial charge < -0.3 is 4.74 Å². The van der Waals surface area contributed by atoms with Crippen molar-refractivity contribution >= 4 is 5.97 Å². The van der Waals surface area contributed by atoms with Gasteiger partial charge in [-0.25, -0.2) is 4.79 Å². The Kier molecular flexibility index (Phi) is 15.5. The van der Waals surface area contributed by atoms with E-state index >= 15 is 0 Å². The molecule has 1 rings (SSSR count). The number of esters is 1. The third kappa shape index (κ3) is 15.2. The van der Waals surface area contributed by atoms with Crippen LogP contribution in [0.5, 0.6) is 0 Å². The van der Waals surface area contributed by atoms with E-state index in [4.69, 9.17) is 4.74 Å². The van der Waals surface area contributed by atoms with Crippen molar-refractivity contribution in [3.8, 4) is 0 Å². The van der Waals surface area contributed by atoms with Crippen LogP contribution in [0.1, 0.15) is 102 Å². The predicted molar refractivity (Wildman–Crippen MR) is 116 cm³/mol. The summed E-state index contributed by atoms with van der Waals surface area (Å²) in [5.74, 6) is -0.242. The molecule has 0 N–H and O–H groups in total. The van der Waals surface area contributed by atoms with Gasteiger partial charge in [-0.1, -0.05) is 120 Å². The van der Waals surface area contributed by atoms with Crippen LogP contribution in [0.2, 0.25) is 0 Å². The van der Waals surface area contributed by atoms with Gasteiger partial charge in [-0.2, -0.15) is 0 Å². The molecule has 0 unspecified atom stereocenters. The van der Waals surface area contributed by atoms with E-state index in [2.05, 4.69) is 6.92 Å². The highest BCUT2D eigenvalue weighted by molar-refractivity contribution is 5.81. The molecule has 0 saturated heterocycles. The van der Waals surface area contributed by atoms with E-state index in [1.165, 1.54) is 83.5 Å². The zero-order valence-electron chi connectivity index (χ0n) is 17.5. The lowest BCUT2D eigenvalue weighted by molar-refractivity contribution is -0.139. The predicted octanol–water partition coefficient (Wildman–Crippen LogP) is 7.77. The van der Waals surface area contributed by atoms with Crippen molar-refractivity contribution < 1.29 is 9.53 Å². The van der Waals surface area contributed by atoms with Gasteiger partial charge in [0.1, 0.15) is 6.61 Å². The zero-order valence-corrected chi connectivity index (χ0v) is 17.5. The SMILES string of the molecule is CCCCCCCCCCCCCCCC=CC(=O)OCc1ccccc1. The maximum Gasteiger partial charge on any atom is 0.330 e. The van der Waals surface area contributed by atoms with Gasteiger partial charge >= 0.3 is 5.97 Å². The minimum Gasteiger partial charge on any atom is -0.458 e. The lowest BCUT2D eigenvalue weighted by Crippen LogP contribution is -2.00. The molecule has 0 aromatic heterocycles. The van der Waals surface area contributed by atoms with E-state index < -0.39 is 0 Å². The first-order chi connectivity index (χ1) is 13.3. The molecular formula is C25H40O2. The first-order valence-electron chi connectivity index (χ1n) is 11.2. The Bertz CT molecular complexity index is 478. The van der Waals surface area contributed by atoms with Crippen molar-refractivity contribution in [2.45, 2.75) is 103 Å². The quantitative estimate of drug-likeness (QED) is 0.159. The van der Waals surface area contributed by atoms with E-state index in [1.54, 1.807) is 6.08 Å². The molecule has 1 aromatic carbocycles. The number of hydrogen-bond donors (Lipinski definition) is 0. The highest BCUT2D eigenvalue weighted by Gasteiger charge is 1.98. The number of benzene rings is 1. The number of carbonyl (C=O) groups is 1. The van der Waals surface area contributed by atoms with Crippen LogP contribution in [0.15, 0.2) is 42.5 Å². The van der Waals surface area contributed by atoms with Gasteiger partial charge in [-0.3, -0.25) is 0 Å². The second kappa shape index (κ2) is 17.8. The van der Waals surface area contributed by atoms with Gasteiger partial charge in [0.15, 0.2) is 0 Å². The average molecular weight is 373 g/mol.